The van der Waals surface area contributed by atoms with Crippen molar-refractivity contribution < 1.29 is 14.4 Å². The third-order valence-corrected chi connectivity index (χ3v) is 7.18. The van der Waals surface area contributed by atoms with E-state index in [0.717, 1.165) is 19.5 Å². The summed E-state index contributed by atoms with van der Waals surface area (Å²) in [5, 5.41) is 3.15. The number of hydrogen-bond acceptors (Lipinski definition) is 5. The Labute approximate surface area is 182 Å². The van der Waals surface area contributed by atoms with E-state index >= 15 is 0 Å². The molecule has 0 saturated heterocycles. The molecule has 0 amide bonds. The Balaban J connectivity index is 3.37. The van der Waals surface area contributed by atoms with Gasteiger partial charge in [0.1, 0.15) is 0 Å². The summed E-state index contributed by atoms with van der Waals surface area (Å²) in [6, 6.07) is 0. The monoisotopic (exact) mass is 432 g/mol. The lowest BCUT2D eigenvalue weighted by Crippen LogP contribution is -2.57. The van der Waals surface area contributed by atoms with E-state index in [1.165, 1.54) is 96.3 Å². The van der Waals surface area contributed by atoms with Crippen molar-refractivity contribution in [3.63, 3.8) is 0 Å². The maximum Gasteiger partial charge on any atom is 0.510 e. The Morgan fingerprint density at radius 2 is 1.03 bits per heavy atom. The lowest BCUT2D eigenvalue weighted by atomic mass is 10.0. The van der Waals surface area contributed by atoms with E-state index in [1.54, 1.807) is 0 Å². The zero-order valence-electron chi connectivity index (χ0n) is 19.8. The third kappa shape index (κ3) is 21.0. The first kappa shape index (κ1) is 29.0. The molecule has 6 heteroatoms. The van der Waals surface area contributed by atoms with Crippen LogP contribution in [0.25, 0.3) is 0 Å². The minimum atomic E-state index is -4.10. The Bertz CT molecular complexity index is 339. The standard InChI is InChI=1S/C23H52N2O3Si/c1-4-5-6-7-8-9-10-11-12-13-14-15-16-17-18-19-21-24-23(29(26,27)28)20-22-25(2)3/h23-24,26-28H,4-22H2,1-3H3. The number of nitrogens with zero attached hydrogens (tertiary/aromatic N) is 1. The predicted octanol–water partition coefficient (Wildman–Crippen LogP) is 4.61. The highest BCUT2D eigenvalue weighted by molar-refractivity contribution is 6.58. The fraction of sp³-hybridized carbons (Fsp3) is 1.00. The molecule has 29 heavy (non-hydrogen) atoms. The van der Waals surface area contributed by atoms with Gasteiger partial charge >= 0.3 is 8.80 Å². The van der Waals surface area contributed by atoms with Crippen molar-refractivity contribution in [1.82, 2.24) is 10.2 Å². The second-order valence-corrected chi connectivity index (χ2v) is 11.2. The van der Waals surface area contributed by atoms with Gasteiger partial charge in [-0.2, -0.15) is 0 Å². The topological polar surface area (TPSA) is 76.0 Å². The molecule has 0 aromatic rings. The molecule has 0 aliphatic heterocycles. The van der Waals surface area contributed by atoms with Crippen LogP contribution in [0.5, 0.6) is 0 Å². The quantitative estimate of drug-likeness (QED) is 0.148. The van der Waals surface area contributed by atoms with Crippen LogP contribution in [0.1, 0.15) is 116 Å². The molecular weight excluding hydrogens is 380 g/mol. The van der Waals surface area contributed by atoms with Crippen LogP contribution in [0.15, 0.2) is 0 Å². The molecule has 4 N–H and O–H groups in total. The molecule has 0 aliphatic rings. The summed E-state index contributed by atoms with van der Waals surface area (Å²) in [6.07, 6.45) is 22.1. The van der Waals surface area contributed by atoms with Crippen molar-refractivity contribution in [3.8, 4) is 0 Å². The van der Waals surface area contributed by atoms with Gasteiger partial charge in [-0.05, 0) is 40.0 Å². The highest BCUT2D eigenvalue weighted by Gasteiger charge is 2.38. The van der Waals surface area contributed by atoms with E-state index in [9.17, 15) is 14.4 Å². The van der Waals surface area contributed by atoms with Gasteiger partial charge in [-0.25, -0.2) is 0 Å². The van der Waals surface area contributed by atoms with Gasteiger partial charge in [-0.15, -0.1) is 0 Å². The van der Waals surface area contributed by atoms with Crippen molar-refractivity contribution in [2.45, 2.75) is 122 Å². The van der Waals surface area contributed by atoms with Gasteiger partial charge in [-0.1, -0.05) is 103 Å². The third-order valence-electron chi connectivity index (χ3n) is 5.75. The smallest absolute Gasteiger partial charge is 0.389 e. The SMILES string of the molecule is CCCCCCCCCCCCCCCCCCNC(CCN(C)C)[Si](O)(O)O. The summed E-state index contributed by atoms with van der Waals surface area (Å²) in [7, 11) is -0.209. The zero-order valence-corrected chi connectivity index (χ0v) is 20.8. The molecule has 0 bridgehead atoms. The lowest BCUT2D eigenvalue weighted by Gasteiger charge is -2.25. The minimum Gasteiger partial charge on any atom is -0.389 e. The molecular formula is C23H52N2O3Si. The first-order valence-corrected chi connectivity index (χ1v) is 14.3. The van der Waals surface area contributed by atoms with Crippen LogP contribution in [0.3, 0.4) is 0 Å². The molecule has 0 saturated carbocycles. The predicted molar refractivity (Wildman–Crippen MR) is 127 cm³/mol. The van der Waals surface area contributed by atoms with E-state index in [0.29, 0.717) is 6.42 Å². The number of unbranched alkanes of at least 4 members (excludes halogenated alkanes) is 15. The van der Waals surface area contributed by atoms with Crippen LogP contribution in [0.4, 0.5) is 0 Å². The molecule has 0 rings (SSSR count). The number of nitrogens with one attached hydrogen (secondary N) is 1. The van der Waals surface area contributed by atoms with E-state index in [1.807, 2.05) is 19.0 Å². The van der Waals surface area contributed by atoms with Crippen molar-refractivity contribution in [2.75, 3.05) is 27.2 Å². The summed E-state index contributed by atoms with van der Waals surface area (Å²) in [5.41, 5.74) is -0.568. The van der Waals surface area contributed by atoms with Crippen molar-refractivity contribution in [3.05, 3.63) is 0 Å². The molecule has 0 heterocycles. The van der Waals surface area contributed by atoms with Gasteiger partial charge in [0, 0.05) is 0 Å². The summed E-state index contributed by atoms with van der Waals surface area (Å²) in [5.74, 6) is 0. The molecule has 0 fully saturated rings. The number of hydrogen-bond donors (Lipinski definition) is 4. The van der Waals surface area contributed by atoms with Gasteiger partial charge in [0.05, 0.1) is 5.67 Å². The Morgan fingerprint density at radius 1 is 0.655 bits per heavy atom. The summed E-state index contributed by atoms with van der Waals surface area (Å²) >= 11 is 0. The van der Waals surface area contributed by atoms with Gasteiger partial charge in [0.25, 0.3) is 0 Å². The maximum atomic E-state index is 9.59. The molecule has 0 radical (unpaired) electrons. The molecule has 0 aliphatic carbocycles. The van der Waals surface area contributed by atoms with Crippen molar-refractivity contribution >= 4 is 8.80 Å². The van der Waals surface area contributed by atoms with E-state index in [-0.39, 0.29) is 0 Å². The van der Waals surface area contributed by atoms with Crippen LogP contribution in [0.2, 0.25) is 0 Å². The fourth-order valence-electron chi connectivity index (χ4n) is 3.77. The van der Waals surface area contributed by atoms with E-state index in [2.05, 4.69) is 12.2 Å². The summed E-state index contributed by atoms with van der Waals surface area (Å²) in [4.78, 5) is 30.8. The van der Waals surface area contributed by atoms with E-state index in [4.69, 9.17) is 0 Å². The normalized spacial score (nSPS) is 13.3. The van der Waals surface area contributed by atoms with Crippen molar-refractivity contribution in [2.24, 2.45) is 0 Å². The van der Waals surface area contributed by atoms with Crippen LogP contribution in [0, 0.1) is 0 Å². The molecule has 0 aromatic carbocycles. The highest BCUT2D eigenvalue weighted by Crippen LogP contribution is 2.13. The average Bonchev–Trinajstić information content (AvgIpc) is 2.65. The van der Waals surface area contributed by atoms with E-state index < -0.39 is 14.5 Å². The van der Waals surface area contributed by atoms with Gasteiger partial charge in [0.15, 0.2) is 0 Å². The van der Waals surface area contributed by atoms with Gasteiger partial charge < -0.3 is 24.6 Å². The van der Waals surface area contributed by atoms with Crippen LogP contribution in [-0.2, 0) is 0 Å². The van der Waals surface area contributed by atoms with Crippen LogP contribution in [-0.4, -0.2) is 60.9 Å². The molecule has 0 spiro atoms. The Morgan fingerprint density at radius 3 is 1.38 bits per heavy atom. The second-order valence-electron chi connectivity index (χ2n) is 9.09. The van der Waals surface area contributed by atoms with Gasteiger partial charge in [-0.3, -0.25) is 0 Å². The highest BCUT2D eigenvalue weighted by atomic mass is 28.4. The minimum absolute atomic E-state index is 0.557. The van der Waals surface area contributed by atoms with Crippen LogP contribution < -0.4 is 5.32 Å². The zero-order chi connectivity index (χ0) is 21.8. The summed E-state index contributed by atoms with van der Waals surface area (Å²) in [6.45, 7) is 3.75. The molecule has 1 atom stereocenters. The average molecular weight is 433 g/mol. The fourth-order valence-corrected chi connectivity index (χ4v) is 4.70. The molecule has 1 unspecified atom stereocenters. The Hall–Kier alpha value is 0.0169. The van der Waals surface area contributed by atoms with Crippen LogP contribution >= 0.6 is 0 Å². The molecule has 176 valence electrons. The maximum absolute atomic E-state index is 9.59. The van der Waals surface area contributed by atoms with Gasteiger partial charge in [0.2, 0.25) is 0 Å². The number of rotatable bonds is 22. The first-order chi connectivity index (χ1) is 13.9. The first-order valence-electron chi connectivity index (χ1n) is 12.4. The van der Waals surface area contributed by atoms with Crippen molar-refractivity contribution in [1.29, 1.82) is 0 Å². The lowest BCUT2D eigenvalue weighted by molar-refractivity contribution is 0.194. The summed E-state index contributed by atoms with van der Waals surface area (Å²) < 4.78 is 0. The second kappa shape index (κ2) is 19.9. The molecule has 5 nitrogen and oxygen atoms in total. The molecule has 0 aromatic heterocycles. The Kier molecular flexibility index (Phi) is 20.0. The largest absolute Gasteiger partial charge is 0.510 e.